The van der Waals surface area contributed by atoms with Crippen molar-refractivity contribution in [2.45, 2.75) is 13.0 Å². The van der Waals surface area contributed by atoms with Gasteiger partial charge in [0.1, 0.15) is 5.82 Å². The minimum Gasteiger partial charge on any atom is -0.377 e. The van der Waals surface area contributed by atoms with Crippen LogP contribution in [0.2, 0.25) is 0 Å². The third-order valence-electron chi connectivity index (χ3n) is 3.28. The first kappa shape index (κ1) is 13.3. The molecule has 0 aliphatic carbocycles. The molecule has 0 radical (unpaired) electrons. The summed E-state index contributed by atoms with van der Waals surface area (Å²) >= 11 is 0. The average molecular weight is 282 g/mol. The Labute approximate surface area is 122 Å². The molecule has 4 nitrogen and oxygen atoms in total. The number of hydrogen-bond acceptors (Lipinski definition) is 3. The van der Waals surface area contributed by atoms with E-state index in [-0.39, 0.29) is 11.9 Å². The fourth-order valence-corrected chi connectivity index (χ4v) is 2.20. The highest BCUT2D eigenvalue weighted by Gasteiger charge is 2.10. The van der Waals surface area contributed by atoms with Crippen LogP contribution in [0.3, 0.4) is 0 Å². The second-order valence-corrected chi connectivity index (χ2v) is 4.79. The number of aromatic nitrogens is 3. The second-order valence-electron chi connectivity index (χ2n) is 4.79. The third kappa shape index (κ3) is 2.91. The number of benzene rings is 1. The van der Waals surface area contributed by atoms with Gasteiger partial charge in [-0.15, -0.1) is 0 Å². The number of pyridine rings is 1. The van der Waals surface area contributed by atoms with Gasteiger partial charge in [0.05, 0.1) is 29.9 Å². The number of nitrogens with one attached hydrogen (secondary N) is 1. The molecule has 1 unspecified atom stereocenters. The molecule has 0 bridgehead atoms. The minimum absolute atomic E-state index is 0.0575. The summed E-state index contributed by atoms with van der Waals surface area (Å²) in [6.45, 7) is 1.97. The molecule has 0 aliphatic heterocycles. The number of hydrogen-bond donors (Lipinski definition) is 1. The lowest BCUT2D eigenvalue weighted by molar-refractivity contribution is 0.616. The van der Waals surface area contributed by atoms with Crippen molar-refractivity contribution in [1.29, 1.82) is 0 Å². The first-order valence-corrected chi connectivity index (χ1v) is 6.68. The quantitative estimate of drug-likeness (QED) is 0.795. The number of imidazole rings is 1. The summed E-state index contributed by atoms with van der Waals surface area (Å²) in [5.74, 6) is -0.330. The van der Waals surface area contributed by atoms with Gasteiger partial charge in [-0.25, -0.2) is 9.37 Å². The molecule has 0 amide bonds. The van der Waals surface area contributed by atoms with Crippen LogP contribution in [-0.2, 0) is 0 Å². The highest BCUT2D eigenvalue weighted by atomic mass is 19.1. The van der Waals surface area contributed by atoms with Gasteiger partial charge in [-0.1, -0.05) is 12.1 Å². The Hall–Kier alpha value is -2.69. The van der Waals surface area contributed by atoms with Gasteiger partial charge in [-0.3, -0.25) is 4.98 Å². The van der Waals surface area contributed by atoms with E-state index >= 15 is 0 Å². The summed E-state index contributed by atoms with van der Waals surface area (Å²) in [6.07, 6.45) is 8.23. The van der Waals surface area contributed by atoms with Crippen LogP contribution in [0.4, 0.5) is 10.1 Å². The predicted octanol–water partition coefficient (Wildman–Crippen LogP) is 3.58. The fraction of sp³-hybridized carbons (Fsp3) is 0.125. The molecule has 3 rings (SSSR count). The maximum absolute atomic E-state index is 13.3. The number of para-hydroxylation sites is 2. The number of anilines is 1. The summed E-state index contributed by atoms with van der Waals surface area (Å²) in [4.78, 5) is 7.95. The van der Waals surface area contributed by atoms with Crippen LogP contribution in [0.15, 0.2) is 61.4 Å². The maximum atomic E-state index is 13.3. The summed E-state index contributed by atoms with van der Waals surface area (Å²) in [5.41, 5.74) is 2.74. The van der Waals surface area contributed by atoms with Crippen LogP contribution in [0.5, 0.6) is 0 Å². The van der Waals surface area contributed by atoms with Crippen molar-refractivity contribution in [3.05, 3.63) is 72.8 Å². The molecule has 1 aromatic carbocycles. The average Bonchev–Trinajstić information content (AvgIpc) is 3.02. The molecule has 1 atom stereocenters. The van der Waals surface area contributed by atoms with E-state index in [1.165, 1.54) is 12.3 Å². The van der Waals surface area contributed by atoms with Gasteiger partial charge >= 0.3 is 0 Å². The van der Waals surface area contributed by atoms with E-state index in [9.17, 15) is 4.39 Å². The van der Waals surface area contributed by atoms with E-state index < -0.39 is 0 Å². The largest absolute Gasteiger partial charge is 0.377 e. The molecule has 0 saturated heterocycles. The Bertz CT molecular complexity index is 725. The zero-order valence-corrected chi connectivity index (χ0v) is 11.6. The van der Waals surface area contributed by atoms with E-state index in [1.807, 2.05) is 42.0 Å². The molecular formula is C16H15FN4. The standard InChI is InChI=1S/C16H15FN4/c1-12(13-8-14(17)10-19-9-13)20-15-4-2-3-5-16(15)21-7-6-18-11-21/h2-12,20H,1H3. The van der Waals surface area contributed by atoms with Gasteiger partial charge in [-0.05, 0) is 30.7 Å². The van der Waals surface area contributed by atoms with Gasteiger partial charge in [0.2, 0.25) is 0 Å². The lowest BCUT2D eigenvalue weighted by atomic mass is 10.1. The topological polar surface area (TPSA) is 42.7 Å². The van der Waals surface area contributed by atoms with Crippen molar-refractivity contribution in [2.24, 2.45) is 0 Å². The number of rotatable bonds is 4. The highest BCUT2D eigenvalue weighted by Crippen LogP contribution is 2.24. The Morgan fingerprint density at radius 3 is 2.81 bits per heavy atom. The molecule has 0 aliphatic rings. The SMILES string of the molecule is CC(Nc1ccccc1-n1ccnc1)c1cncc(F)c1. The Morgan fingerprint density at radius 2 is 2.05 bits per heavy atom. The molecule has 0 spiro atoms. The molecule has 1 N–H and O–H groups in total. The maximum Gasteiger partial charge on any atom is 0.141 e. The lowest BCUT2D eigenvalue weighted by Crippen LogP contribution is -2.09. The van der Waals surface area contributed by atoms with Crippen LogP contribution >= 0.6 is 0 Å². The molecule has 0 fully saturated rings. The van der Waals surface area contributed by atoms with Crippen molar-refractivity contribution >= 4 is 5.69 Å². The van der Waals surface area contributed by atoms with Gasteiger partial charge in [0.15, 0.2) is 0 Å². The van der Waals surface area contributed by atoms with Crippen LogP contribution in [0.25, 0.3) is 5.69 Å². The van der Waals surface area contributed by atoms with Crippen LogP contribution in [0, 0.1) is 5.82 Å². The monoisotopic (exact) mass is 282 g/mol. The van der Waals surface area contributed by atoms with Crippen molar-refractivity contribution < 1.29 is 4.39 Å². The second kappa shape index (κ2) is 5.75. The smallest absolute Gasteiger partial charge is 0.141 e. The van der Waals surface area contributed by atoms with E-state index in [1.54, 1.807) is 18.7 Å². The fourth-order valence-electron chi connectivity index (χ4n) is 2.20. The molecule has 106 valence electrons. The Balaban J connectivity index is 1.88. The normalized spacial score (nSPS) is 12.1. The summed E-state index contributed by atoms with van der Waals surface area (Å²) < 4.78 is 15.2. The molecular weight excluding hydrogens is 267 g/mol. The zero-order chi connectivity index (χ0) is 14.7. The predicted molar refractivity (Wildman–Crippen MR) is 79.8 cm³/mol. The van der Waals surface area contributed by atoms with Crippen LogP contribution in [0.1, 0.15) is 18.5 Å². The third-order valence-corrected chi connectivity index (χ3v) is 3.28. The number of nitrogens with zero attached hydrogens (tertiary/aromatic N) is 3. The van der Waals surface area contributed by atoms with Crippen molar-refractivity contribution in [3.63, 3.8) is 0 Å². The van der Waals surface area contributed by atoms with Crippen LogP contribution < -0.4 is 5.32 Å². The summed E-state index contributed by atoms with van der Waals surface area (Å²) in [5, 5.41) is 3.39. The Morgan fingerprint density at radius 1 is 1.19 bits per heavy atom. The van der Waals surface area contributed by atoms with E-state index in [0.717, 1.165) is 16.9 Å². The van der Waals surface area contributed by atoms with Crippen molar-refractivity contribution in [1.82, 2.24) is 14.5 Å². The van der Waals surface area contributed by atoms with E-state index in [4.69, 9.17) is 0 Å². The zero-order valence-electron chi connectivity index (χ0n) is 11.6. The molecule has 2 heterocycles. The summed E-state index contributed by atoms with van der Waals surface area (Å²) in [6, 6.07) is 9.34. The van der Waals surface area contributed by atoms with Gasteiger partial charge < -0.3 is 9.88 Å². The summed E-state index contributed by atoms with van der Waals surface area (Å²) in [7, 11) is 0. The first-order chi connectivity index (χ1) is 10.2. The Kier molecular flexibility index (Phi) is 3.64. The van der Waals surface area contributed by atoms with Gasteiger partial charge in [-0.2, -0.15) is 0 Å². The molecule has 21 heavy (non-hydrogen) atoms. The molecule has 3 aromatic rings. The van der Waals surface area contributed by atoms with Crippen molar-refractivity contribution in [2.75, 3.05) is 5.32 Å². The molecule has 0 saturated carbocycles. The number of halogens is 1. The van der Waals surface area contributed by atoms with Crippen molar-refractivity contribution in [3.8, 4) is 5.69 Å². The molecule has 5 heteroatoms. The van der Waals surface area contributed by atoms with Gasteiger partial charge in [0, 0.05) is 18.6 Å². The first-order valence-electron chi connectivity index (χ1n) is 6.68. The highest BCUT2D eigenvalue weighted by molar-refractivity contribution is 5.61. The van der Waals surface area contributed by atoms with Gasteiger partial charge in [0.25, 0.3) is 0 Å². The molecule has 2 aromatic heterocycles. The van der Waals surface area contributed by atoms with E-state index in [0.29, 0.717) is 0 Å². The van der Waals surface area contributed by atoms with E-state index in [2.05, 4.69) is 15.3 Å². The minimum atomic E-state index is -0.330. The van der Waals surface area contributed by atoms with Crippen LogP contribution in [-0.4, -0.2) is 14.5 Å². The lowest BCUT2D eigenvalue weighted by Gasteiger charge is -2.18.